The molecule has 0 aliphatic carbocycles. The van der Waals surface area contributed by atoms with Crippen LogP contribution in [0.2, 0.25) is 0 Å². The molecule has 1 amide bonds. The van der Waals surface area contributed by atoms with Gasteiger partial charge in [-0.25, -0.2) is 0 Å². The lowest BCUT2D eigenvalue weighted by molar-refractivity contribution is -0.132. The van der Waals surface area contributed by atoms with Crippen LogP contribution in [0, 0.1) is 13.8 Å². The number of carbonyl (C=O) groups is 2. The molecule has 1 heterocycles. The minimum absolute atomic E-state index is 0.0240. The number of benzene rings is 3. The van der Waals surface area contributed by atoms with Gasteiger partial charge in [0, 0.05) is 11.3 Å². The van der Waals surface area contributed by atoms with Crippen molar-refractivity contribution in [3.05, 3.63) is 94.6 Å². The van der Waals surface area contributed by atoms with Gasteiger partial charge in [0.25, 0.3) is 11.7 Å². The summed E-state index contributed by atoms with van der Waals surface area (Å²) < 4.78 is 11.1. The number of Topliss-reactive ketones (excluding diaryl/α,β-unsaturated/α-hetero) is 1. The average molecular weight is 472 g/mol. The van der Waals surface area contributed by atoms with Gasteiger partial charge in [0.05, 0.1) is 25.3 Å². The molecule has 3 aromatic rings. The largest absolute Gasteiger partial charge is 0.507 e. The summed E-state index contributed by atoms with van der Waals surface area (Å²) in [4.78, 5) is 28.3. The summed E-state index contributed by atoms with van der Waals surface area (Å²) in [5, 5.41) is 11.4. The monoisotopic (exact) mass is 471 g/mol. The van der Waals surface area contributed by atoms with Crippen molar-refractivity contribution in [1.29, 1.82) is 0 Å². The number of amides is 1. The average Bonchev–Trinajstić information content (AvgIpc) is 3.12. The van der Waals surface area contributed by atoms with Crippen LogP contribution in [0.1, 0.15) is 41.6 Å². The summed E-state index contributed by atoms with van der Waals surface area (Å²) in [6.07, 6.45) is 0.840. The molecule has 1 N–H and O–H groups in total. The van der Waals surface area contributed by atoms with Crippen LogP contribution in [-0.4, -0.2) is 30.5 Å². The third-order valence-electron chi connectivity index (χ3n) is 6.05. The minimum atomic E-state index is -0.827. The number of aryl methyl sites for hydroxylation is 2. The summed E-state index contributed by atoms with van der Waals surface area (Å²) in [7, 11) is 1.56. The zero-order chi connectivity index (χ0) is 25.1. The zero-order valence-corrected chi connectivity index (χ0v) is 20.4. The molecular formula is C29H29NO5. The predicted octanol–water partition coefficient (Wildman–Crippen LogP) is 5.73. The number of ketones is 1. The van der Waals surface area contributed by atoms with Gasteiger partial charge >= 0.3 is 0 Å². The highest BCUT2D eigenvalue weighted by Crippen LogP contribution is 2.44. The molecule has 35 heavy (non-hydrogen) atoms. The Hall–Kier alpha value is -4.06. The number of hydrogen-bond donors (Lipinski definition) is 1. The summed E-state index contributed by atoms with van der Waals surface area (Å²) in [6, 6.07) is 19.0. The normalized spacial score (nSPS) is 17.0. The van der Waals surface area contributed by atoms with Crippen LogP contribution in [-0.2, 0) is 9.59 Å². The van der Waals surface area contributed by atoms with Crippen LogP contribution in [0.5, 0.6) is 11.5 Å². The molecule has 1 aliphatic rings. The second kappa shape index (κ2) is 10.1. The van der Waals surface area contributed by atoms with Gasteiger partial charge < -0.3 is 14.6 Å². The highest BCUT2D eigenvalue weighted by atomic mass is 16.5. The molecule has 4 rings (SSSR count). The maximum Gasteiger partial charge on any atom is 0.300 e. The number of rotatable bonds is 7. The molecular weight excluding hydrogens is 442 g/mol. The number of carbonyl (C=O) groups excluding carboxylic acids is 2. The number of aliphatic hydroxyl groups is 1. The van der Waals surface area contributed by atoms with Crippen molar-refractivity contribution in [3.8, 4) is 11.5 Å². The second-order valence-corrected chi connectivity index (χ2v) is 8.61. The van der Waals surface area contributed by atoms with E-state index in [0.29, 0.717) is 34.9 Å². The Morgan fingerprint density at radius 1 is 0.971 bits per heavy atom. The van der Waals surface area contributed by atoms with E-state index in [1.165, 1.54) is 4.90 Å². The van der Waals surface area contributed by atoms with Crippen LogP contribution >= 0.6 is 0 Å². The molecule has 1 atom stereocenters. The maximum absolute atomic E-state index is 13.4. The van der Waals surface area contributed by atoms with Crippen molar-refractivity contribution in [1.82, 2.24) is 0 Å². The molecule has 0 saturated carbocycles. The van der Waals surface area contributed by atoms with Gasteiger partial charge in [-0.15, -0.1) is 0 Å². The van der Waals surface area contributed by atoms with E-state index in [1.54, 1.807) is 49.6 Å². The molecule has 0 aromatic heterocycles. The third-order valence-corrected chi connectivity index (χ3v) is 6.05. The zero-order valence-electron chi connectivity index (χ0n) is 20.4. The number of methoxy groups -OCH3 is 1. The van der Waals surface area contributed by atoms with Crippen LogP contribution in [0.3, 0.4) is 0 Å². The molecule has 0 spiro atoms. The smallest absolute Gasteiger partial charge is 0.300 e. The van der Waals surface area contributed by atoms with Gasteiger partial charge in [-0.1, -0.05) is 48.9 Å². The molecule has 0 bridgehead atoms. The molecule has 1 fully saturated rings. The Bertz CT molecular complexity index is 1310. The fourth-order valence-corrected chi connectivity index (χ4v) is 4.39. The van der Waals surface area contributed by atoms with Crippen molar-refractivity contribution in [3.63, 3.8) is 0 Å². The Kier molecular flexibility index (Phi) is 6.92. The van der Waals surface area contributed by atoms with Crippen molar-refractivity contribution in [2.45, 2.75) is 33.2 Å². The lowest BCUT2D eigenvalue weighted by Gasteiger charge is -2.27. The van der Waals surface area contributed by atoms with Crippen LogP contribution < -0.4 is 14.4 Å². The quantitative estimate of drug-likeness (QED) is 0.271. The van der Waals surface area contributed by atoms with E-state index in [1.807, 2.05) is 45.0 Å². The minimum Gasteiger partial charge on any atom is -0.507 e. The van der Waals surface area contributed by atoms with Gasteiger partial charge in [-0.3, -0.25) is 14.5 Å². The summed E-state index contributed by atoms with van der Waals surface area (Å²) in [5.41, 5.74) is 3.61. The van der Waals surface area contributed by atoms with E-state index in [9.17, 15) is 14.7 Å². The van der Waals surface area contributed by atoms with Crippen molar-refractivity contribution in [2.24, 2.45) is 0 Å². The van der Waals surface area contributed by atoms with E-state index in [2.05, 4.69) is 0 Å². The summed E-state index contributed by atoms with van der Waals surface area (Å²) in [5.74, 6) is -0.508. The first-order chi connectivity index (χ1) is 16.8. The maximum atomic E-state index is 13.4. The predicted molar refractivity (Wildman–Crippen MR) is 136 cm³/mol. The van der Waals surface area contributed by atoms with E-state index < -0.39 is 17.7 Å². The number of hydrogen-bond acceptors (Lipinski definition) is 5. The fourth-order valence-electron chi connectivity index (χ4n) is 4.39. The van der Waals surface area contributed by atoms with Crippen LogP contribution in [0.25, 0.3) is 5.76 Å². The first kappa shape index (κ1) is 24.1. The van der Waals surface area contributed by atoms with Crippen LogP contribution in [0.4, 0.5) is 5.69 Å². The van der Waals surface area contributed by atoms with Gasteiger partial charge in [-0.2, -0.15) is 0 Å². The van der Waals surface area contributed by atoms with Crippen molar-refractivity contribution < 1.29 is 24.2 Å². The summed E-state index contributed by atoms with van der Waals surface area (Å²) >= 11 is 0. The molecule has 1 saturated heterocycles. The molecule has 0 radical (unpaired) electrons. The molecule has 1 aliphatic heterocycles. The number of anilines is 1. The molecule has 180 valence electrons. The SMILES string of the molecule is CCCOc1cccc(/C(O)=C2\C(=O)C(=O)N(c3ccc(C)cc3C)C2c2cccc(OC)c2)c1. The fraction of sp³-hybridized carbons (Fsp3) is 0.241. The van der Waals surface area contributed by atoms with Gasteiger partial charge in [0.1, 0.15) is 17.3 Å². The number of aliphatic hydroxyl groups excluding tert-OH is 1. The van der Waals surface area contributed by atoms with Crippen molar-refractivity contribution in [2.75, 3.05) is 18.6 Å². The Morgan fingerprint density at radius 2 is 1.71 bits per heavy atom. The molecule has 6 heteroatoms. The van der Waals surface area contributed by atoms with E-state index in [4.69, 9.17) is 9.47 Å². The first-order valence-corrected chi connectivity index (χ1v) is 11.6. The van der Waals surface area contributed by atoms with E-state index >= 15 is 0 Å². The molecule has 1 unspecified atom stereocenters. The number of ether oxygens (including phenoxy) is 2. The molecule has 6 nitrogen and oxygen atoms in total. The van der Waals surface area contributed by atoms with E-state index in [0.717, 1.165) is 17.5 Å². The topological polar surface area (TPSA) is 76.1 Å². The van der Waals surface area contributed by atoms with Gasteiger partial charge in [0.2, 0.25) is 0 Å². The Balaban J connectivity index is 1.92. The lowest BCUT2D eigenvalue weighted by atomic mass is 9.94. The lowest BCUT2D eigenvalue weighted by Crippen LogP contribution is -2.30. The highest BCUT2D eigenvalue weighted by Gasteiger charge is 2.47. The van der Waals surface area contributed by atoms with Crippen molar-refractivity contribution >= 4 is 23.1 Å². The third kappa shape index (κ3) is 4.64. The van der Waals surface area contributed by atoms with Gasteiger partial charge in [-0.05, 0) is 61.7 Å². The Morgan fingerprint density at radius 3 is 2.43 bits per heavy atom. The van der Waals surface area contributed by atoms with E-state index in [-0.39, 0.29) is 11.3 Å². The van der Waals surface area contributed by atoms with Crippen LogP contribution in [0.15, 0.2) is 72.3 Å². The highest BCUT2D eigenvalue weighted by molar-refractivity contribution is 6.51. The first-order valence-electron chi connectivity index (χ1n) is 11.6. The second-order valence-electron chi connectivity index (χ2n) is 8.61. The molecule has 3 aromatic carbocycles. The summed E-state index contributed by atoms with van der Waals surface area (Å²) in [6.45, 7) is 6.41. The number of nitrogens with zero attached hydrogens (tertiary/aromatic N) is 1. The van der Waals surface area contributed by atoms with Gasteiger partial charge in [0.15, 0.2) is 0 Å². The standard InChI is InChI=1S/C29H29NO5/c1-5-14-35-23-11-7-9-21(17-23)27(31)25-26(20-8-6-10-22(16-20)34-4)30(29(33)28(25)32)24-13-12-18(2)15-19(24)3/h6-13,15-17,26,31H,5,14H2,1-4H3/b27-25+. The Labute approximate surface area is 205 Å².